The summed E-state index contributed by atoms with van der Waals surface area (Å²) < 4.78 is 0. The third kappa shape index (κ3) is 2.15. The number of rotatable bonds is 1. The van der Waals surface area contributed by atoms with E-state index in [-0.39, 0.29) is 11.7 Å². The van der Waals surface area contributed by atoms with Crippen molar-refractivity contribution >= 4 is 5.78 Å². The van der Waals surface area contributed by atoms with Crippen LogP contribution in [0.3, 0.4) is 0 Å². The van der Waals surface area contributed by atoms with Crippen molar-refractivity contribution < 1.29 is 4.79 Å². The van der Waals surface area contributed by atoms with Crippen molar-refractivity contribution in [2.45, 2.75) is 39.5 Å². The van der Waals surface area contributed by atoms with E-state index in [4.69, 9.17) is 0 Å². The quantitative estimate of drug-likeness (QED) is 0.782. The van der Waals surface area contributed by atoms with Gasteiger partial charge in [-0.25, -0.2) is 0 Å². The molecule has 2 aromatic rings. The van der Waals surface area contributed by atoms with Gasteiger partial charge in [0.2, 0.25) is 0 Å². The zero-order valence-corrected chi connectivity index (χ0v) is 12.2. The number of aromatic nitrogens is 1. The number of pyridine rings is 1. The summed E-state index contributed by atoms with van der Waals surface area (Å²) >= 11 is 0. The van der Waals surface area contributed by atoms with Gasteiger partial charge in [-0.1, -0.05) is 24.3 Å². The Morgan fingerprint density at radius 1 is 1.05 bits per heavy atom. The molecule has 0 amide bonds. The number of aryl methyl sites for hydroxylation is 3. The third-order valence-electron chi connectivity index (χ3n) is 4.20. The Morgan fingerprint density at radius 2 is 1.80 bits per heavy atom. The lowest BCUT2D eigenvalue weighted by Crippen LogP contribution is -2.22. The van der Waals surface area contributed by atoms with Gasteiger partial charge in [-0.05, 0) is 55.9 Å². The van der Waals surface area contributed by atoms with Crippen LogP contribution in [0, 0.1) is 20.8 Å². The maximum Gasteiger partial charge on any atom is 0.165 e. The van der Waals surface area contributed by atoms with E-state index in [0.717, 1.165) is 28.9 Å². The molecule has 0 spiro atoms. The van der Waals surface area contributed by atoms with E-state index in [0.29, 0.717) is 6.42 Å². The van der Waals surface area contributed by atoms with Crippen LogP contribution in [0.15, 0.2) is 30.3 Å². The Labute approximate surface area is 119 Å². The molecule has 0 saturated heterocycles. The summed E-state index contributed by atoms with van der Waals surface area (Å²) in [7, 11) is 0. The fourth-order valence-corrected chi connectivity index (χ4v) is 3.34. The van der Waals surface area contributed by atoms with Gasteiger partial charge < -0.3 is 0 Å². The van der Waals surface area contributed by atoms with Gasteiger partial charge in [0.15, 0.2) is 5.78 Å². The number of ketones is 1. The van der Waals surface area contributed by atoms with E-state index in [9.17, 15) is 4.79 Å². The Bertz CT molecular complexity index is 688. The van der Waals surface area contributed by atoms with E-state index in [1.807, 2.05) is 26.0 Å². The van der Waals surface area contributed by atoms with E-state index in [1.165, 1.54) is 11.1 Å². The summed E-state index contributed by atoms with van der Waals surface area (Å²) in [6.07, 6.45) is 1.47. The molecule has 0 radical (unpaired) electrons. The summed E-state index contributed by atoms with van der Waals surface area (Å²) in [5.74, 6) is 0.509. The summed E-state index contributed by atoms with van der Waals surface area (Å²) in [5, 5.41) is 0. The third-order valence-corrected chi connectivity index (χ3v) is 4.20. The number of carbonyl (C=O) groups is 1. The minimum Gasteiger partial charge on any atom is -0.294 e. The molecule has 2 nitrogen and oxygen atoms in total. The Morgan fingerprint density at radius 3 is 2.55 bits per heavy atom. The average molecular weight is 265 g/mol. The second-order valence-corrected chi connectivity index (χ2v) is 5.79. The van der Waals surface area contributed by atoms with Crippen LogP contribution in [-0.2, 0) is 6.42 Å². The number of hydrogen-bond acceptors (Lipinski definition) is 2. The van der Waals surface area contributed by atoms with Crippen molar-refractivity contribution in [2.24, 2.45) is 0 Å². The molecule has 0 N–H and O–H groups in total. The topological polar surface area (TPSA) is 30.0 Å². The first-order valence-corrected chi connectivity index (χ1v) is 7.12. The summed E-state index contributed by atoms with van der Waals surface area (Å²) in [6.45, 7) is 6.12. The Balaban J connectivity index is 2.05. The lowest BCUT2D eigenvalue weighted by molar-refractivity contribution is 0.0962. The average Bonchev–Trinajstić information content (AvgIpc) is 2.37. The predicted molar refractivity (Wildman–Crippen MR) is 80.3 cm³/mol. The first-order chi connectivity index (χ1) is 9.56. The zero-order valence-electron chi connectivity index (χ0n) is 12.2. The van der Waals surface area contributed by atoms with E-state index in [2.05, 4.69) is 30.1 Å². The smallest absolute Gasteiger partial charge is 0.165 e. The largest absolute Gasteiger partial charge is 0.294 e. The van der Waals surface area contributed by atoms with Gasteiger partial charge in [-0.15, -0.1) is 0 Å². The summed E-state index contributed by atoms with van der Waals surface area (Å²) in [6, 6.07) is 10.4. The predicted octanol–water partition coefficient (Wildman–Crippen LogP) is 3.92. The summed E-state index contributed by atoms with van der Waals surface area (Å²) in [4.78, 5) is 17.1. The maximum absolute atomic E-state index is 12.5. The standard InChI is InChI=1S/C18H19NO/c1-11-6-4-5-7-15(11)14-9-16-18(17(20)10-14)12(2)8-13(3)19-16/h4-8,14H,9-10H2,1-3H3. The zero-order chi connectivity index (χ0) is 14.3. The number of nitrogens with zero attached hydrogens (tertiary/aromatic N) is 1. The molecule has 1 aliphatic rings. The van der Waals surface area contributed by atoms with Crippen molar-refractivity contribution in [1.29, 1.82) is 0 Å². The molecule has 3 rings (SSSR count). The van der Waals surface area contributed by atoms with Gasteiger partial charge in [-0.2, -0.15) is 0 Å². The lowest BCUT2D eigenvalue weighted by atomic mass is 9.79. The van der Waals surface area contributed by atoms with Crippen LogP contribution < -0.4 is 0 Å². The maximum atomic E-state index is 12.5. The highest BCUT2D eigenvalue weighted by Crippen LogP contribution is 2.34. The van der Waals surface area contributed by atoms with Gasteiger partial charge in [0.05, 0.1) is 5.69 Å². The van der Waals surface area contributed by atoms with Crippen LogP contribution in [0.2, 0.25) is 0 Å². The van der Waals surface area contributed by atoms with Gasteiger partial charge >= 0.3 is 0 Å². The molecule has 1 atom stereocenters. The van der Waals surface area contributed by atoms with Crippen molar-refractivity contribution in [3.63, 3.8) is 0 Å². The number of Topliss-reactive ketones (excluding diaryl/α,β-unsaturated/α-hetero) is 1. The van der Waals surface area contributed by atoms with Crippen LogP contribution in [0.5, 0.6) is 0 Å². The highest BCUT2D eigenvalue weighted by atomic mass is 16.1. The normalized spacial score (nSPS) is 17.9. The van der Waals surface area contributed by atoms with E-state index in [1.54, 1.807) is 0 Å². The first-order valence-electron chi connectivity index (χ1n) is 7.12. The molecule has 0 fully saturated rings. The first kappa shape index (κ1) is 13.0. The van der Waals surface area contributed by atoms with Crippen molar-refractivity contribution in [2.75, 3.05) is 0 Å². The molecular weight excluding hydrogens is 246 g/mol. The van der Waals surface area contributed by atoms with E-state index >= 15 is 0 Å². The minimum atomic E-state index is 0.240. The van der Waals surface area contributed by atoms with Crippen LogP contribution in [0.1, 0.15) is 50.8 Å². The highest BCUT2D eigenvalue weighted by Gasteiger charge is 2.29. The number of carbonyl (C=O) groups excluding carboxylic acids is 1. The molecule has 1 aromatic carbocycles. The van der Waals surface area contributed by atoms with Crippen LogP contribution in [0.25, 0.3) is 0 Å². The molecule has 102 valence electrons. The lowest BCUT2D eigenvalue weighted by Gasteiger charge is -2.26. The SMILES string of the molecule is Cc1cc(C)c2c(n1)CC(c1ccccc1C)CC2=O. The number of hydrogen-bond donors (Lipinski definition) is 0. The molecule has 2 heteroatoms. The number of fused-ring (bicyclic) bond motifs is 1. The Hall–Kier alpha value is -1.96. The van der Waals surface area contributed by atoms with Crippen molar-refractivity contribution in [3.8, 4) is 0 Å². The van der Waals surface area contributed by atoms with Crippen LogP contribution in [-0.4, -0.2) is 10.8 Å². The molecule has 1 aliphatic carbocycles. The van der Waals surface area contributed by atoms with Crippen molar-refractivity contribution in [1.82, 2.24) is 4.98 Å². The fourth-order valence-electron chi connectivity index (χ4n) is 3.34. The van der Waals surface area contributed by atoms with Crippen LogP contribution >= 0.6 is 0 Å². The molecule has 0 aliphatic heterocycles. The second kappa shape index (κ2) is 4.86. The minimum absolute atomic E-state index is 0.240. The van der Waals surface area contributed by atoms with E-state index < -0.39 is 0 Å². The highest BCUT2D eigenvalue weighted by molar-refractivity contribution is 6.00. The van der Waals surface area contributed by atoms with Gasteiger partial charge in [0, 0.05) is 17.7 Å². The molecule has 1 unspecified atom stereocenters. The number of benzene rings is 1. The molecule has 0 bridgehead atoms. The molecule has 20 heavy (non-hydrogen) atoms. The monoisotopic (exact) mass is 265 g/mol. The van der Waals surface area contributed by atoms with Gasteiger partial charge in [0.1, 0.15) is 0 Å². The molecular formula is C18H19NO. The second-order valence-electron chi connectivity index (χ2n) is 5.79. The molecule has 1 heterocycles. The fraction of sp³-hybridized carbons (Fsp3) is 0.333. The summed E-state index contributed by atoms with van der Waals surface area (Å²) in [5.41, 5.74) is 6.46. The van der Waals surface area contributed by atoms with Crippen molar-refractivity contribution in [3.05, 3.63) is 64.0 Å². The Kier molecular flexibility index (Phi) is 3.17. The van der Waals surface area contributed by atoms with Gasteiger partial charge in [-0.3, -0.25) is 9.78 Å². The molecule has 0 saturated carbocycles. The molecule has 1 aromatic heterocycles. The van der Waals surface area contributed by atoms with Crippen LogP contribution in [0.4, 0.5) is 0 Å². The van der Waals surface area contributed by atoms with Gasteiger partial charge in [0.25, 0.3) is 0 Å².